The number of amides is 1. The first-order chi connectivity index (χ1) is 15.2. The third kappa shape index (κ3) is 5.65. The quantitative estimate of drug-likeness (QED) is 0.224. The Morgan fingerprint density at radius 2 is 1.87 bits per heavy atom. The summed E-state index contributed by atoms with van der Waals surface area (Å²) in [4.78, 5) is 19.7. The largest absolute Gasteiger partial charge is 0.488 e. The van der Waals surface area contributed by atoms with Gasteiger partial charge >= 0.3 is 0 Å². The smallest absolute Gasteiger partial charge is 0.250 e. The number of imidazole rings is 1. The minimum absolute atomic E-state index is 0.196. The predicted octanol–water partition coefficient (Wildman–Crippen LogP) is 5.04. The predicted molar refractivity (Wildman–Crippen MR) is 125 cm³/mol. The molecule has 0 fully saturated rings. The summed E-state index contributed by atoms with van der Waals surface area (Å²) < 4.78 is 5.89. The zero-order valence-corrected chi connectivity index (χ0v) is 18.0. The lowest BCUT2D eigenvalue weighted by molar-refractivity contribution is -0.118. The second-order valence-corrected chi connectivity index (χ2v) is 7.93. The summed E-state index contributed by atoms with van der Waals surface area (Å²) in [5.74, 6) is 0.621. The van der Waals surface area contributed by atoms with E-state index in [2.05, 4.69) is 20.5 Å². The summed E-state index contributed by atoms with van der Waals surface area (Å²) in [5, 5.41) is 5.40. The van der Waals surface area contributed by atoms with Crippen LogP contribution in [0.15, 0.2) is 83.1 Å². The van der Waals surface area contributed by atoms with Crippen molar-refractivity contribution >= 4 is 46.5 Å². The zero-order valence-electron chi connectivity index (χ0n) is 16.4. The Hall–Kier alpha value is -3.29. The molecule has 0 saturated heterocycles. The van der Waals surface area contributed by atoms with Gasteiger partial charge in [-0.15, -0.1) is 0 Å². The number of aromatic amines is 1. The van der Waals surface area contributed by atoms with Crippen molar-refractivity contribution in [3.8, 4) is 5.75 Å². The number of para-hydroxylation sites is 3. The SMILES string of the molecule is O=C(CSc1nc2ccccc2[nH]1)N/N=C\c1ccccc1OCc1ccccc1Cl. The van der Waals surface area contributed by atoms with Crippen molar-refractivity contribution in [3.05, 3.63) is 88.9 Å². The van der Waals surface area contributed by atoms with Gasteiger partial charge in [0.2, 0.25) is 0 Å². The second-order valence-electron chi connectivity index (χ2n) is 6.56. The minimum atomic E-state index is -0.226. The van der Waals surface area contributed by atoms with E-state index in [1.165, 1.54) is 11.8 Å². The van der Waals surface area contributed by atoms with Crippen LogP contribution in [0.25, 0.3) is 11.0 Å². The summed E-state index contributed by atoms with van der Waals surface area (Å²) in [7, 11) is 0. The number of carbonyl (C=O) groups is 1. The highest BCUT2D eigenvalue weighted by atomic mass is 35.5. The number of hydrazone groups is 1. The molecule has 4 rings (SSSR count). The number of hydrogen-bond acceptors (Lipinski definition) is 5. The number of aromatic nitrogens is 2. The van der Waals surface area contributed by atoms with Crippen molar-refractivity contribution in [2.45, 2.75) is 11.8 Å². The Balaban J connectivity index is 1.31. The van der Waals surface area contributed by atoms with Crippen LogP contribution in [0.3, 0.4) is 0 Å². The average molecular weight is 451 g/mol. The van der Waals surface area contributed by atoms with Crippen molar-refractivity contribution in [1.29, 1.82) is 0 Å². The first-order valence-electron chi connectivity index (χ1n) is 9.54. The van der Waals surface area contributed by atoms with Crippen LogP contribution < -0.4 is 10.2 Å². The van der Waals surface area contributed by atoms with Crippen LogP contribution >= 0.6 is 23.4 Å². The number of fused-ring (bicyclic) bond motifs is 1. The van der Waals surface area contributed by atoms with Gasteiger partial charge < -0.3 is 9.72 Å². The van der Waals surface area contributed by atoms with Gasteiger partial charge in [-0.1, -0.05) is 65.8 Å². The normalized spacial score (nSPS) is 11.1. The average Bonchev–Trinajstić information content (AvgIpc) is 3.21. The highest BCUT2D eigenvalue weighted by Crippen LogP contribution is 2.21. The molecular formula is C23H19ClN4O2S. The monoisotopic (exact) mass is 450 g/mol. The van der Waals surface area contributed by atoms with Crippen LogP contribution in [-0.4, -0.2) is 27.8 Å². The fourth-order valence-electron chi connectivity index (χ4n) is 2.83. The lowest BCUT2D eigenvalue weighted by Crippen LogP contribution is -2.19. The molecule has 8 heteroatoms. The van der Waals surface area contributed by atoms with E-state index in [9.17, 15) is 4.79 Å². The molecule has 156 valence electrons. The third-order valence-corrected chi connectivity index (χ3v) is 5.60. The van der Waals surface area contributed by atoms with E-state index in [4.69, 9.17) is 16.3 Å². The number of hydrogen-bond donors (Lipinski definition) is 2. The Bertz CT molecular complexity index is 1190. The first kappa shape index (κ1) is 21.0. The molecule has 31 heavy (non-hydrogen) atoms. The fourth-order valence-corrected chi connectivity index (χ4v) is 3.70. The number of ether oxygens (including phenoxy) is 1. The number of benzene rings is 3. The Morgan fingerprint density at radius 1 is 1.10 bits per heavy atom. The molecule has 0 spiro atoms. The highest BCUT2D eigenvalue weighted by Gasteiger charge is 2.07. The van der Waals surface area contributed by atoms with Crippen LogP contribution in [0, 0.1) is 0 Å². The minimum Gasteiger partial charge on any atom is -0.488 e. The number of H-pyrrole nitrogens is 1. The molecule has 0 radical (unpaired) electrons. The van der Waals surface area contributed by atoms with Crippen molar-refractivity contribution < 1.29 is 9.53 Å². The lowest BCUT2D eigenvalue weighted by Gasteiger charge is -2.10. The number of thioether (sulfide) groups is 1. The molecule has 0 aliphatic carbocycles. The second kappa shape index (κ2) is 10.1. The molecule has 3 aromatic carbocycles. The summed E-state index contributed by atoms with van der Waals surface area (Å²) in [6.07, 6.45) is 1.56. The van der Waals surface area contributed by atoms with Gasteiger partial charge in [-0.05, 0) is 30.3 Å². The number of halogens is 1. The third-order valence-electron chi connectivity index (χ3n) is 4.36. The molecule has 1 heterocycles. The van der Waals surface area contributed by atoms with Gasteiger partial charge in [-0.3, -0.25) is 4.79 Å². The summed E-state index contributed by atoms with van der Waals surface area (Å²) in [5.41, 5.74) is 6.00. The van der Waals surface area contributed by atoms with Gasteiger partial charge in [-0.2, -0.15) is 5.10 Å². The molecule has 2 N–H and O–H groups in total. The highest BCUT2D eigenvalue weighted by molar-refractivity contribution is 7.99. The number of nitrogens with zero attached hydrogens (tertiary/aromatic N) is 2. The van der Waals surface area contributed by atoms with E-state index in [0.717, 1.165) is 22.2 Å². The molecule has 0 unspecified atom stereocenters. The van der Waals surface area contributed by atoms with Crippen LogP contribution in [0.2, 0.25) is 5.02 Å². The Kier molecular flexibility index (Phi) is 6.86. The molecule has 6 nitrogen and oxygen atoms in total. The van der Waals surface area contributed by atoms with Gasteiger partial charge in [0.25, 0.3) is 5.91 Å². The zero-order chi connectivity index (χ0) is 21.5. The van der Waals surface area contributed by atoms with Crippen molar-refractivity contribution in [2.24, 2.45) is 5.10 Å². The number of carbonyl (C=O) groups excluding carboxylic acids is 1. The van der Waals surface area contributed by atoms with Gasteiger partial charge in [0.1, 0.15) is 12.4 Å². The van der Waals surface area contributed by atoms with Gasteiger partial charge in [0.15, 0.2) is 5.16 Å². The molecule has 0 aliphatic heterocycles. The fraction of sp³-hybridized carbons (Fsp3) is 0.0870. The van der Waals surface area contributed by atoms with E-state index in [0.29, 0.717) is 22.5 Å². The van der Waals surface area contributed by atoms with Crippen LogP contribution in [-0.2, 0) is 11.4 Å². The van der Waals surface area contributed by atoms with Crippen molar-refractivity contribution in [1.82, 2.24) is 15.4 Å². The molecular weight excluding hydrogens is 432 g/mol. The van der Waals surface area contributed by atoms with E-state index in [1.54, 1.807) is 6.21 Å². The summed E-state index contributed by atoms with van der Waals surface area (Å²) in [6, 6.07) is 22.7. The molecule has 1 amide bonds. The van der Waals surface area contributed by atoms with Gasteiger partial charge in [0, 0.05) is 16.1 Å². The van der Waals surface area contributed by atoms with E-state index in [-0.39, 0.29) is 11.7 Å². The first-order valence-corrected chi connectivity index (χ1v) is 10.9. The van der Waals surface area contributed by atoms with Crippen LogP contribution in [0.1, 0.15) is 11.1 Å². The summed E-state index contributed by atoms with van der Waals surface area (Å²) in [6.45, 7) is 0.338. The molecule has 0 atom stereocenters. The Labute approximate surface area is 188 Å². The van der Waals surface area contributed by atoms with E-state index in [1.807, 2.05) is 72.8 Å². The lowest BCUT2D eigenvalue weighted by atomic mass is 10.2. The van der Waals surface area contributed by atoms with Gasteiger partial charge in [-0.25, -0.2) is 10.4 Å². The van der Waals surface area contributed by atoms with E-state index < -0.39 is 0 Å². The molecule has 0 bridgehead atoms. The maximum absolute atomic E-state index is 12.1. The van der Waals surface area contributed by atoms with Crippen molar-refractivity contribution in [2.75, 3.05) is 5.75 Å². The topological polar surface area (TPSA) is 79.4 Å². The standard InChI is InChI=1S/C23H19ClN4O2S/c24-18-9-3-1-8-17(18)14-30-21-12-6-2-7-16(21)13-25-28-22(29)15-31-23-26-19-10-4-5-11-20(19)27-23/h1-13H,14-15H2,(H,26,27)(H,28,29)/b25-13-. The molecule has 4 aromatic rings. The number of rotatable bonds is 8. The Morgan fingerprint density at radius 3 is 2.74 bits per heavy atom. The van der Waals surface area contributed by atoms with Gasteiger partial charge in [0.05, 0.1) is 23.0 Å². The molecule has 1 aromatic heterocycles. The molecule has 0 saturated carbocycles. The molecule has 0 aliphatic rings. The summed E-state index contributed by atoms with van der Waals surface area (Å²) >= 11 is 7.50. The van der Waals surface area contributed by atoms with E-state index >= 15 is 0 Å². The van der Waals surface area contributed by atoms with Crippen molar-refractivity contribution in [3.63, 3.8) is 0 Å². The van der Waals surface area contributed by atoms with Crippen LogP contribution in [0.5, 0.6) is 5.75 Å². The maximum Gasteiger partial charge on any atom is 0.250 e. The van der Waals surface area contributed by atoms with Crippen LogP contribution in [0.4, 0.5) is 0 Å². The number of nitrogens with one attached hydrogen (secondary N) is 2. The maximum atomic E-state index is 12.1.